The molecule has 0 radical (unpaired) electrons. The van der Waals surface area contributed by atoms with Crippen LogP contribution in [0.4, 0.5) is 4.79 Å². The molecular formula is C17H33NO4Si. The van der Waals surface area contributed by atoms with Crippen LogP contribution in [0.5, 0.6) is 0 Å². The fraction of sp³-hybridized carbons (Fsp3) is 0.882. The van der Waals surface area contributed by atoms with E-state index >= 15 is 0 Å². The average molecular weight is 344 g/mol. The van der Waals surface area contributed by atoms with Crippen molar-refractivity contribution in [3.05, 3.63) is 0 Å². The third kappa shape index (κ3) is 5.31. The zero-order valence-electron chi connectivity index (χ0n) is 15.7. The molecule has 1 saturated heterocycles. The Balaban J connectivity index is 3.02. The van der Waals surface area contributed by atoms with Gasteiger partial charge in [-0.15, -0.1) is 0 Å². The topological polar surface area (TPSA) is 55.8 Å². The van der Waals surface area contributed by atoms with Crippen LogP contribution >= 0.6 is 0 Å². The first kappa shape index (κ1) is 20.2. The summed E-state index contributed by atoms with van der Waals surface area (Å²) >= 11 is 0. The van der Waals surface area contributed by atoms with Gasteiger partial charge in [0.2, 0.25) is 5.91 Å². The minimum atomic E-state index is -1.76. The van der Waals surface area contributed by atoms with Crippen LogP contribution in [0.25, 0.3) is 0 Å². The van der Waals surface area contributed by atoms with Crippen molar-refractivity contribution in [3.63, 3.8) is 0 Å². The van der Waals surface area contributed by atoms with Gasteiger partial charge in [0, 0.05) is 0 Å². The summed E-state index contributed by atoms with van der Waals surface area (Å²) in [6, 6.07) is -0.168. The number of hydrogen-bond donors (Lipinski definition) is 0. The lowest BCUT2D eigenvalue weighted by Gasteiger charge is -2.34. The van der Waals surface area contributed by atoms with E-state index in [0.717, 1.165) is 19.3 Å². The first-order valence-electron chi connectivity index (χ1n) is 8.80. The quantitative estimate of drug-likeness (QED) is 0.624. The third-order valence-corrected chi connectivity index (χ3v) is 5.20. The molecule has 0 aliphatic carbocycles. The second-order valence-electron chi connectivity index (χ2n) is 7.67. The average Bonchev–Trinajstić information content (AvgIpc) is 2.82. The van der Waals surface area contributed by atoms with Crippen LogP contribution in [0.15, 0.2) is 0 Å². The van der Waals surface area contributed by atoms with Crippen LogP contribution in [-0.2, 0) is 14.0 Å². The maximum absolute atomic E-state index is 13.1. The number of cyclic esters (lactones) is 1. The van der Waals surface area contributed by atoms with Crippen LogP contribution in [0.2, 0.25) is 19.6 Å². The molecule has 2 amide bonds. The molecule has 1 aliphatic rings. The predicted molar refractivity (Wildman–Crippen MR) is 93.7 cm³/mol. The highest BCUT2D eigenvalue weighted by Gasteiger charge is 2.44. The highest BCUT2D eigenvalue weighted by atomic mass is 28.4. The number of rotatable bonds is 8. The second-order valence-corrected chi connectivity index (χ2v) is 12.1. The SMILES string of the molecule is CCC[C@@H](C(=O)N1C(=O)OCC1C(C)C)[C@@H](CC)O[Si](C)(C)C. The van der Waals surface area contributed by atoms with E-state index in [4.69, 9.17) is 9.16 Å². The Kier molecular flexibility index (Phi) is 7.26. The van der Waals surface area contributed by atoms with Gasteiger partial charge in [0.25, 0.3) is 0 Å². The van der Waals surface area contributed by atoms with Crippen LogP contribution < -0.4 is 0 Å². The normalized spacial score (nSPS) is 21.5. The lowest BCUT2D eigenvalue weighted by atomic mass is 9.92. The first-order chi connectivity index (χ1) is 10.6. The molecule has 1 heterocycles. The molecule has 3 atom stereocenters. The smallest absolute Gasteiger partial charge is 0.416 e. The summed E-state index contributed by atoms with van der Waals surface area (Å²) in [7, 11) is -1.76. The van der Waals surface area contributed by atoms with E-state index in [0.29, 0.717) is 6.61 Å². The predicted octanol–water partition coefficient (Wildman–Crippen LogP) is 4.04. The molecule has 0 aromatic heterocycles. The summed E-state index contributed by atoms with van der Waals surface area (Å²) in [6.45, 7) is 14.8. The monoisotopic (exact) mass is 343 g/mol. The molecular weight excluding hydrogens is 310 g/mol. The number of imide groups is 1. The number of hydrogen-bond acceptors (Lipinski definition) is 4. The highest BCUT2D eigenvalue weighted by molar-refractivity contribution is 6.69. The van der Waals surface area contributed by atoms with E-state index in [9.17, 15) is 9.59 Å². The zero-order chi connectivity index (χ0) is 17.8. The molecule has 1 aliphatic heterocycles. The Bertz CT molecular complexity index is 419. The van der Waals surface area contributed by atoms with Crippen LogP contribution in [-0.4, -0.2) is 44.0 Å². The standard InChI is InChI=1S/C17H33NO4Si/c1-8-10-13(15(9-2)22-23(5,6)7)16(19)18-14(12(3)4)11-21-17(18)20/h12-15H,8-11H2,1-7H3/t13-,14?,15-/m1/s1. The number of ether oxygens (including phenoxy) is 1. The molecule has 0 saturated carbocycles. The Morgan fingerprint density at radius 1 is 1.35 bits per heavy atom. The van der Waals surface area contributed by atoms with Gasteiger partial charge in [-0.3, -0.25) is 4.79 Å². The van der Waals surface area contributed by atoms with Crippen molar-refractivity contribution in [2.24, 2.45) is 11.8 Å². The maximum Gasteiger partial charge on any atom is 0.416 e. The number of carbonyl (C=O) groups is 2. The van der Waals surface area contributed by atoms with Crippen molar-refractivity contribution in [1.29, 1.82) is 0 Å². The van der Waals surface area contributed by atoms with Crippen molar-refractivity contribution < 1.29 is 18.8 Å². The molecule has 23 heavy (non-hydrogen) atoms. The number of amides is 2. The van der Waals surface area contributed by atoms with Gasteiger partial charge in [0.05, 0.1) is 18.1 Å². The van der Waals surface area contributed by atoms with Gasteiger partial charge in [-0.1, -0.05) is 34.1 Å². The van der Waals surface area contributed by atoms with E-state index in [1.54, 1.807) is 0 Å². The summed E-state index contributed by atoms with van der Waals surface area (Å²) in [4.78, 5) is 26.5. The van der Waals surface area contributed by atoms with Gasteiger partial charge in [0.1, 0.15) is 6.61 Å². The van der Waals surface area contributed by atoms with E-state index in [2.05, 4.69) is 26.6 Å². The van der Waals surface area contributed by atoms with Crippen LogP contribution in [0.1, 0.15) is 47.0 Å². The molecule has 6 heteroatoms. The summed E-state index contributed by atoms with van der Waals surface area (Å²) in [6.07, 6.45) is 1.76. The Morgan fingerprint density at radius 3 is 2.39 bits per heavy atom. The summed E-state index contributed by atoms with van der Waals surface area (Å²) in [5, 5.41) is 0. The molecule has 1 unspecified atom stereocenters. The second kappa shape index (κ2) is 8.28. The Morgan fingerprint density at radius 2 is 1.96 bits per heavy atom. The van der Waals surface area contributed by atoms with Gasteiger partial charge in [-0.2, -0.15) is 0 Å². The molecule has 0 spiro atoms. The Hall–Kier alpha value is -0.883. The number of nitrogens with zero attached hydrogens (tertiary/aromatic N) is 1. The van der Waals surface area contributed by atoms with Crippen molar-refractivity contribution >= 4 is 20.3 Å². The molecule has 1 rings (SSSR count). The van der Waals surface area contributed by atoms with Gasteiger partial charge in [-0.25, -0.2) is 9.69 Å². The van der Waals surface area contributed by atoms with Gasteiger partial charge in [-0.05, 0) is 38.4 Å². The van der Waals surface area contributed by atoms with E-state index in [1.807, 2.05) is 20.8 Å². The Labute approximate surface area is 141 Å². The summed E-state index contributed by atoms with van der Waals surface area (Å²) in [5.74, 6) is -0.215. The molecule has 134 valence electrons. The molecule has 0 N–H and O–H groups in total. The van der Waals surface area contributed by atoms with Crippen molar-refractivity contribution in [1.82, 2.24) is 4.90 Å². The molecule has 5 nitrogen and oxygen atoms in total. The van der Waals surface area contributed by atoms with Gasteiger partial charge in [0.15, 0.2) is 8.32 Å². The zero-order valence-corrected chi connectivity index (χ0v) is 16.7. The molecule has 0 aromatic rings. The van der Waals surface area contributed by atoms with Crippen molar-refractivity contribution in [2.45, 2.75) is 78.7 Å². The summed E-state index contributed by atoms with van der Waals surface area (Å²) < 4.78 is 11.4. The van der Waals surface area contributed by atoms with Crippen molar-refractivity contribution in [3.8, 4) is 0 Å². The molecule has 1 fully saturated rings. The number of carbonyl (C=O) groups excluding carboxylic acids is 2. The van der Waals surface area contributed by atoms with E-state index in [1.165, 1.54) is 4.90 Å². The summed E-state index contributed by atoms with van der Waals surface area (Å²) in [5.41, 5.74) is 0. The van der Waals surface area contributed by atoms with Crippen LogP contribution in [0, 0.1) is 11.8 Å². The maximum atomic E-state index is 13.1. The minimum absolute atomic E-state index is 0.127. The van der Waals surface area contributed by atoms with Gasteiger partial charge < -0.3 is 9.16 Å². The fourth-order valence-corrected chi connectivity index (χ4v) is 4.28. The van der Waals surface area contributed by atoms with E-state index in [-0.39, 0.29) is 29.9 Å². The first-order valence-corrected chi connectivity index (χ1v) is 12.2. The highest BCUT2D eigenvalue weighted by Crippen LogP contribution is 2.28. The lowest BCUT2D eigenvalue weighted by molar-refractivity contribution is -0.137. The molecule has 0 aromatic carbocycles. The lowest BCUT2D eigenvalue weighted by Crippen LogP contribution is -2.49. The molecule has 0 bridgehead atoms. The third-order valence-electron chi connectivity index (χ3n) is 4.19. The largest absolute Gasteiger partial charge is 0.447 e. The van der Waals surface area contributed by atoms with Gasteiger partial charge >= 0.3 is 6.09 Å². The van der Waals surface area contributed by atoms with Crippen LogP contribution in [0.3, 0.4) is 0 Å². The minimum Gasteiger partial charge on any atom is -0.447 e. The van der Waals surface area contributed by atoms with E-state index < -0.39 is 14.4 Å². The van der Waals surface area contributed by atoms with Crippen molar-refractivity contribution in [2.75, 3.05) is 6.61 Å². The fourth-order valence-electron chi connectivity index (χ4n) is 3.04.